The van der Waals surface area contributed by atoms with E-state index in [1.54, 1.807) is 0 Å². The lowest BCUT2D eigenvalue weighted by atomic mass is 10.1. The average molecular weight is 454 g/mol. The van der Waals surface area contributed by atoms with E-state index in [0.717, 1.165) is 28.5 Å². The molecule has 5 aromatic rings. The van der Waals surface area contributed by atoms with Crippen LogP contribution in [0, 0.1) is 0 Å². The molecule has 2 aromatic heterocycles. The van der Waals surface area contributed by atoms with Gasteiger partial charge in [-0.15, -0.1) is 10.2 Å². The van der Waals surface area contributed by atoms with Crippen LogP contribution in [0.5, 0.6) is 0 Å². The summed E-state index contributed by atoms with van der Waals surface area (Å²) in [5, 5.41) is 13.2. The molecule has 0 saturated heterocycles. The topological polar surface area (TPSA) is 72.7 Å². The Labute approximate surface area is 196 Å². The van der Waals surface area contributed by atoms with Crippen LogP contribution in [0.25, 0.3) is 22.1 Å². The number of nitrogens with zero attached hydrogens (tertiary/aromatic N) is 4. The maximum atomic E-state index is 12.3. The van der Waals surface area contributed by atoms with Gasteiger partial charge in [-0.1, -0.05) is 90.6 Å². The highest BCUT2D eigenvalue weighted by Gasteiger charge is 2.15. The summed E-state index contributed by atoms with van der Waals surface area (Å²) in [5.74, 6) is 0.213. The Morgan fingerprint density at radius 1 is 0.848 bits per heavy atom. The summed E-state index contributed by atoms with van der Waals surface area (Å²) < 4.78 is 2.17. The minimum absolute atomic E-state index is 0.0375. The first-order valence-electron chi connectivity index (χ1n) is 10.9. The van der Waals surface area contributed by atoms with Crippen LogP contribution in [0.4, 0.5) is 0 Å². The number of amides is 1. The second-order valence-corrected chi connectivity index (χ2v) is 8.67. The second kappa shape index (κ2) is 9.83. The third-order valence-electron chi connectivity index (χ3n) is 5.45. The quantitative estimate of drug-likeness (QED) is 0.351. The van der Waals surface area contributed by atoms with Gasteiger partial charge in [0.2, 0.25) is 11.1 Å². The van der Waals surface area contributed by atoms with E-state index >= 15 is 0 Å². The number of aromatic nitrogens is 4. The Morgan fingerprint density at radius 2 is 1.55 bits per heavy atom. The zero-order valence-corrected chi connectivity index (χ0v) is 18.8. The molecular formula is C26H23N5OS. The Hall–Kier alpha value is -3.71. The molecule has 0 aliphatic heterocycles. The van der Waals surface area contributed by atoms with Crippen LogP contribution in [0.2, 0.25) is 0 Å². The predicted molar refractivity (Wildman–Crippen MR) is 132 cm³/mol. The molecule has 33 heavy (non-hydrogen) atoms. The fourth-order valence-electron chi connectivity index (χ4n) is 3.85. The first kappa shape index (κ1) is 21.2. The molecule has 164 valence electrons. The van der Waals surface area contributed by atoms with E-state index in [2.05, 4.69) is 50.4 Å². The number of hydrogen-bond donors (Lipinski definition) is 1. The molecule has 0 fully saturated rings. The smallest absolute Gasteiger partial charge is 0.230 e. The van der Waals surface area contributed by atoms with E-state index in [9.17, 15) is 4.79 Å². The number of hydrogen-bond acceptors (Lipinski definition) is 5. The standard InChI is InChI=1S/C26H23N5OS/c32-23(27-16-15-19-9-3-1-4-10-19)18-33-26-28-25-24(29-30-26)21-13-7-8-14-22(21)31(25)17-20-11-5-2-6-12-20/h1-14H,15-18H2,(H,27,32). The van der Waals surface area contributed by atoms with Crippen molar-refractivity contribution in [3.63, 3.8) is 0 Å². The molecule has 5 rings (SSSR count). The van der Waals surface area contributed by atoms with Crippen molar-refractivity contribution in [1.29, 1.82) is 0 Å². The lowest BCUT2D eigenvalue weighted by Crippen LogP contribution is -2.27. The van der Waals surface area contributed by atoms with E-state index in [4.69, 9.17) is 4.98 Å². The Balaban J connectivity index is 1.31. The molecule has 0 unspecified atom stereocenters. The number of carbonyl (C=O) groups excluding carboxylic acids is 1. The number of thioether (sulfide) groups is 1. The fraction of sp³-hybridized carbons (Fsp3) is 0.154. The predicted octanol–water partition coefficient (Wildman–Crippen LogP) is 4.48. The highest BCUT2D eigenvalue weighted by atomic mass is 32.2. The molecule has 6 nitrogen and oxygen atoms in total. The molecule has 0 bridgehead atoms. The number of rotatable bonds is 8. The minimum Gasteiger partial charge on any atom is -0.355 e. The van der Waals surface area contributed by atoms with Gasteiger partial charge in [-0.25, -0.2) is 4.98 Å². The van der Waals surface area contributed by atoms with Crippen LogP contribution < -0.4 is 5.32 Å². The minimum atomic E-state index is -0.0375. The normalized spacial score (nSPS) is 11.2. The molecule has 1 N–H and O–H groups in total. The summed E-state index contributed by atoms with van der Waals surface area (Å²) in [6.07, 6.45) is 0.806. The molecule has 0 radical (unpaired) electrons. The highest BCUT2D eigenvalue weighted by molar-refractivity contribution is 7.99. The lowest BCUT2D eigenvalue weighted by molar-refractivity contribution is -0.118. The molecular weight excluding hydrogens is 430 g/mol. The zero-order chi connectivity index (χ0) is 22.5. The Kier molecular flexibility index (Phi) is 6.30. The molecule has 1 amide bonds. The number of fused-ring (bicyclic) bond motifs is 3. The molecule has 0 aliphatic rings. The van der Waals surface area contributed by atoms with Crippen LogP contribution in [-0.4, -0.2) is 38.0 Å². The maximum absolute atomic E-state index is 12.3. The Bertz CT molecular complexity index is 1390. The van der Waals surface area contributed by atoms with Crippen LogP contribution in [0.1, 0.15) is 11.1 Å². The number of benzene rings is 3. The van der Waals surface area contributed by atoms with Gasteiger partial charge in [0.15, 0.2) is 5.65 Å². The molecule has 3 aromatic carbocycles. The SMILES string of the molecule is O=C(CSc1nnc2c3ccccc3n(Cc3ccccc3)c2n1)NCCc1ccccc1. The van der Waals surface area contributed by atoms with Crippen molar-refractivity contribution in [2.75, 3.05) is 12.3 Å². The van der Waals surface area contributed by atoms with Crippen LogP contribution in [-0.2, 0) is 17.8 Å². The van der Waals surface area contributed by atoms with Crippen molar-refractivity contribution in [3.05, 3.63) is 96.1 Å². The first-order chi connectivity index (χ1) is 16.3. The summed E-state index contributed by atoms with van der Waals surface area (Å²) in [6.45, 7) is 1.29. The molecule has 0 spiro atoms. The van der Waals surface area contributed by atoms with Crippen molar-refractivity contribution in [1.82, 2.24) is 25.1 Å². The molecule has 7 heteroatoms. The number of nitrogens with one attached hydrogen (secondary N) is 1. The van der Waals surface area contributed by atoms with Gasteiger partial charge in [-0.3, -0.25) is 4.79 Å². The monoisotopic (exact) mass is 453 g/mol. The van der Waals surface area contributed by atoms with Crippen molar-refractivity contribution < 1.29 is 4.79 Å². The van der Waals surface area contributed by atoms with Crippen molar-refractivity contribution in [2.24, 2.45) is 0 Å². The summed E-state index contributed by atoms with van der Waals surface area (Å²) in [4.78, 5) is 17.1. The van der Waals surface area contributed by atoms with Crippen molar-refractivity contribution >= 4 is 39.7 Å². The third kappa shape index (κ3) is 4.88. The van der Waals surface area contributed by atoms with Gasteiger partial charge in [0.25, 0.3) is 0 Å². The van der Waals surface area contributed by atoms with E-state index < -0.39 is 0 Å². The highest BCUT2D eigenvalue weighted by Crippen LogP contribution is 2.28. The van der Waals surface area contributed by atoms with Gasteiger partial charge in [0, 0.05) is 18.5 Å². The van der Waals surface area contributed by atoms with E-state index in [0.29, 0.717) is 18.2 Å². The number of carbonyl (C=O) groups is 1. The van der Waals surface area contributed by atoms with Gasteiger partial charge in [-0.2, -0.15) is 0 Å². The lowest BCUT2D eigenvalue weighted by Gasteiger charge is -2.07. The average Bonchev–Trinajstić information content (AvgIpc) is 3.17. The van der Waals surface area contributed by atoms with Crippen molar-refractivity contribution in [3.8, 4) is 0 Å². The van der Waals surface area contributed by atoms with Gasteiger partial charge >= 0.3 is 0 Å². The third-order valence-corrected chi connectivity index (χ3v) is 6.29. The van der Waals surface area contributed by atoms with Gasteiger partial charge in [0.1, 0.15) is 5.52 Å². The number of para-hydroxylation sites is 1. The molecule has 0 saturated carbocycles. The van der Waals surface area contributed by atoms with Crippen LogP contribution in [0.15, 0.2) is 90.1 Å². The summed E-state index contributed by atoms with van der Waals surface area (Å²) in [7, 11) is 0. The van der Waals surface area contributed by atoms with E-state index in [1.165, 1.54) is 22.9 Å². The Morgan fingerprint density at radius 3 is 2.33 bits per heavy atom. The van der Waals surface area contributed by atoms with Gasteiger partial charge in [0.05, 0.1) is 11.3 Å². The maximum Gasteiger partial charge on any atom is 0.230 e. The second-order valence-electron chi connectivity index (χ2n) is 7.73. The molecule has 2 heterocycles. The van der Waals surface area contributed by atoms with E-state index in [1.807, 2.05) is 54.6 Å². The van der Waals surface area contributed by atoms with E-state index in [-0.39, 0.29) is 11.7 Å². The van der Waals surface area contributed by atoms with Crippen molar-refractivity contribution in [2.45, 2.75) is 18.1 Å². The molecule has 0 aliphatic carbocycles. The fourth-order valence-corrected chi connectivity index (χ4v) is 4.46. The summed E-state index contributed by atoms with van der Waals surface area (Å²) in [6, 6.07) is 28.5. The van der Waals surface area contributed by atoms with Gasteiger partial charge < -0.3 is 9.88 Å². The molecule has 0 atom stereocenters. The zero-order valence-electron chi connectivity index (χ0n) is 18.0. The van der Waals surface area contributed by atoms with Crippen LogP contribution in [0.3, 0.4) is 0 Å². The first-order valence-corrected chi connectivity index (χ1v) is 11.9. The van der Waals surface area contributed by atoms with Gasteiger partial charge in [-0.05, 0) is 23.6 Å². The summed E-state index contributed by atoms with van der Waals surface area (Å²) in [5.41, 5.74) is 5.01. The van der Waals surface area contributed by atoms with Crippen LogP contribution >= 0.6 is 11.8 Å². The largest absolute Gasteiger partial charge is 0.355 e. The summed E-state index contributed by atoms with van der Waals surface area (Å²) >= 11 is 1.30.